The van der Waals surface area contributed by atoms with E-state index < -0.39 is 0 Å². The molecule has 0 amide bonds. The summed E-state index contributed by atoms with van der Waals surface area (Å²) in [5, 5.41) is 6.91. The minimum absolute atomic E-state index is 0.287. The average Bonchev–Trinajstić information content (AvgIpc) is 3.41. The molecule has 2 aliphatic heterocycles. The topological polar surface area (TPSA) is 58.1 Å². The lowest BCUT2D eigenvalue weighted by Gasteiger charge is -2.29. The summed E-state index contributed by atoms with van der Waals surface area (Å²) in [6.07, 6.45) is 4.86. The Morgan fingerprint density at radius 1 is 1.26 bits per heavy atom. The second-order valence-electron chi connectivity index (χ2n) is 7.26. The first-order valence-corrected chi connectivity index (χ1v) is 10.3. The summed E-state index contributed by atoms with van der Waals surface area (Å²) in [7, 11) is 1.83. The maximum absolute atomic E-state index is 5.81. The summed E-state index contributed by atoms with van der Waals surface area (Å²) in [5.74, 6) is 0.860. The van der Waals surface area contributed by atoms with Crippen molar-refractivity contribution in [2.24, 2.45) is 4.99 Å². The fourth-order valence-electron chi connectivity index (χ4n) is 3.77. The fourth-order valence-corrected chi connectivity index (χ4v) is 3.77. The van der Waals surface area contributed by atoms with E-state index in [0.29, 0.717) is 6.04 Å². The molecule has 0 bridgehead atoms. The zero-order valence-electron chi connectivity index (χ0n) is 16.5. The summed E-state index contributed by atoms with van der Waals surface area (Å²) in [6.45, 7) is 6.41. The number of hydrogen-bond donors (Lipinski definition) is 2. The number of nitrogens with one attached hydrogen (secondary N) is 2. The molecule has 2 unspecified atom stereocenters. The summed E-state index contributed by atoms with van der Waals surface area (Å²) in [6, 6.07) is 11.2. The number of benzene rings is 1. The van der Waals surface area contributed by atoms with Gasteiger partial charge in [-0.2, -0.15) is 0 Å². The molecule has 0 aromatic heterocycles. The van der Waals surface area contributed by atoms with Crippen LogP contribution in [0.2, 0.25) is 0 Å². The molecule has 0 aliphatic carbocycles. The molecule has 3 rings (SSSR count). The number of guanidine groups is 1. The SMILES string of the molecule is CN=C(NCCCOC1CCOC1)NCC(c1ccccc1)N1CCCC1. The van der Waals surface area contributed by atoms with Crippen LogP contribution in [0.15, 0.2) is 35.3 Å². The molecule has 6 heteroatoms. The third-order valence-electron chi connectivity index (χ3n) is 5.31. The van der Waals surface area contributed by atoms with Crippen LogP contribution in [0.3, 0.4) is 0 Å². The summed E-state index contributed by atoms with van der Waals surface area (Å²) in [5.41, 5.74) is 1.37. The average molecular weight is 375 g/mol. The minimum atomic E-state index is 0.287. The number of ether oxygens (including phenoxy) is 2. The van der Waals surface area contributed by atoms with Gasteiger partial charge in [0.05, 0.1) is 18.8 Å². The smallest absolute Gasteiger partial charge is 0.191 e. The Morgan fingerprint density at radius 3 is 2.78 bits per heavy atom. The van der Waals surface area contributed by atoms with E-state index in [-0.39, 0.29) is 6.10 Å². The Balaban J connectivity index is 1.40. The molecule has 2 N–H and O–H groups in total. The number of likely N-dealkylation sites (tertiary alicyclic amines) is 1. The van der Waals surface area contributed by atoms with E-state index >= 15 is 0 Å². The highest BCUT2D eigenvalue weighted by atomic mass is 16.5. The van der Waals surface area contributed by atoms with Crippen molar-refractivity contribution in [2.75, 3.05) is 53.0 Å². The van der Waals surface area contributed by atoms with Crippen molar-refractivity contribution in [3.8, 4) is 0 Å². The fraction of sp³-hybridized carbons (Fsp3) is 0.667. The van der Waals surface area contributed by atoms with Crippen LogP contribution in [-0.2, 0) is 9.47 Å². The third kappa shape index (κ3) is 6.48. The second kappa shape index (κ2) is 11.3. The predicted octanol–water partition coefficient (Wildman–Crippen LogP) is 2.18. The van der Waals surface area contributed by atoms with E-state index in [9.17, 15) is 0 Å². The molecule has 0 saturated carbocycles. The van der Waals surface area contributed by atoms with Crippen LogP contribution in [0, 0.1) is 0 Å². The number of aliphatic imine (C=N–C) groups is 1. The molecule has 27 heavy (non-hydrogen) atoms. The van der Waals surface area contributed by atoms with Gasteiger partial charge in [0.1, 0.15) is 0 Å². The zero-order valence-corrected chi connectivity index (χ0v) is 16.5. The molecular formula is C21H34N4O2. The second-order valence-corrected chi connectivity index (χ2v) is 7.26. The van der Waals surface area contributed by atoms with E-state index in [1.807, 2.05) is 7.05 Å². The minimum Gasteiger partial charge on any atom is -0.379 e. The van der Waals surface area contributed by atoms with Crippen molar-refractivity contribution >= 4 is 5.96 Å². The van der Waals surface area contributed by atoms with Gasteiger partial charge in [-0.15, -0.1) is 0 Å². The van der Waals surface area contributed by atoms with Gasteiger partial charge >= 0.3 is 0 Å². The summed E-state index contributed by atoms with van der Waals surface area (Å²) >= 11 is 0. The number of nitrogens with zero attached hydrogens (tertiary/aromatic N) is 2. The van der Waals surface area contributed by atoms with Gasteiger partial charge in [-0.3, -0.25) is 9.89 Å². The maximum atomic E-state index is 5.81. The van der Waals surface area contributed by atoms with E-state index in [0.717, 1.165) is 51.7 Å². The zero-order chi connectivity index (χ0) is 18.7. The molecule has 1 aromatic carbocycles. The summed E-state index contributed by atoms with van der Waals surface area (Å²) in [4.78, 5) is 6.95. The van der Waals surface area contributed by atoms with E-state index in [2.05, 4.69) is 50.9 Å². The Hall–Kier alpha value is -1.63. The van der Waals surface area contributed by atoms with Gasteiger partial charge in [-0.25, -0.2) is 0 Å². The Morgan fingerprint density at radius 2 is 2.07 bits per heavy atom. The van der Waals surface area contributed by atoms with Crippen LogP contribution in [0.4, 0.5) is 0 Å². The quantitative estimate of drug-likeness (QED) is 0.394. The molecular weight excluding hydrogens is 340 g/mol. The van der Waals surface area contributed by atoms with Gasteiger partial charge in [0.2, 0.25) is 0 Å². The molecule has 0 spiro atoms. The molecule has 6 nitrogen and oxygen atoms in total. The van der Waals surface area contributed by atoms with E-state index in [4.69, 9.17) is 9.47 Å². The molecule has 1 aromatic rings. The molecule has 2 aliphatic rings. The standard InChI is InChI=1S/C21H34N4O2/c1-22-21(23-11-7-14-27-19-10-15-26-17-19)24-16-20(25-12-5-6-13-25)18-8-3-2-4-9-18/h2-4,8-9,19-20H,5-7,10-17H2,1H3,(H2,22,23,24). The van der Waals surface area contributed by atoms with Crippen molar-refractivity contribution < 1.29 is 9.47 Å². The molecule has 2 atom stereocenters. The Bertz CT molecular complexity index is 555. The highest BCUT2D eigenvalue weighted by molar-refractivity contribution is 5.79. The Kier molecular flexibility index (Phi) is 8.39. The van der Waals surface area contributed by atoms with Crippen molar-refractivity contribution in [1.29, 1.82) is 0 Å². The monoisotopic (exact) mass is 374 g/mol. The van der Waals surface area contributed by atoms with Crippen LogP contribution in [-0.4, -0.2) is 70.0 Å². The number of rotatable bonds is 9. The highest BCUT2D eigenvalue weighted by Crippen LogP contribution is 2.24. The molecule has 2 fully saturated rings. The van der Waals surface area contributed by atoms with Crippen molar-refractivity contribution in [3.63, 3.8) is 0 Å². The first-order chi connectivity index (χ1) is 13.4. The highest BCUT2D eigenvalue weighted by Gasteiger charge is 2.23. The van der Waals surface area contributed by atoms with Crippen LogP contribution >= 0.6 is 0 Å². The third-order valence-corrected chi connectivity index (χ3v) is 5.31. The van der Waals surface area contributed by atoms with Gasteiger partial charge in [0.25, 0.3) is 0 Å². The first kappa shape index (κ1) is 20.1. The largest absolute Gasteiger partial charge is 0.379 e. The van der Waals surface area contributed by atoms with Crippen molar-refractivity contribution in [3.05, 3.63) is 35.9 Å². The maximum Gasteiger partial charge on any atom is 0.191 e. The number of hydrogen-bond acceptors (Lipinski definition) is 4. The molecule has 0 radical (unpaired) electrons. The van der Waals surface area contributed by atoms with Crippen LogP contribution in [0.1, 0.15) is 37.3 Å². The Labute approximate surface area is 163 Å². The molecule has 2 saturated heterocycles. The van der Waals surface area contributed by atoms with Crippen molar-refractivity contribution in [2.45, 2.75) is 37.8 Å². The lowest BCUT2D eigenvalue weighted by molar-refractivity contribution is 0.0420. The van der Waals surface area contributed by atoms with E-state index in [1.54, 1.807) is 0 Å². The van der Waals surface area contributed by atoms with Crippen LogP contribution < -0.4 is 10.6 Å². The lowest BCUT2D eigenvalue weighted by Crippen LogP contribution is -2.43. The van der Waals surface area contributed by atoms with Gasteiger partial charge in [0.15, 0.2) is 5.96 Å². The van der Waals surface area contributed by atoms with Gasteiger partial charge in [0, 0.05) is 33.4 Å². The van der Waals surface area contributed by atoms with E-state index in [1.165, 1.54) is 31.5 Å². The molecule has 150 valence electrons. The van der Waals surface area contributed by atoms with Crippen molar-refractivity contribution in [1.82, 2.24) is 15.5 Å². The van der Waals surface area contributed by atoms with Gasteiger partial charge < -0.3 is 20.1 Å². The van der Waals surface area contributed by atoms with Gasteiger partial charge in [-0.1, -0.05) is 30.3 Å². The van der Waals surface area contributed by atoms with Gasteiger partial charge in [-0.05, 0) is 44.3 Å². The summed E-state index contributed by atoms with van der Waals surface area (Å²) < 4.78 is 11.1. The first-order valence-electron chi connectivity index (χ1n) is 10.3. The molecule has 2 heterocycles. The lowest BCUT2D eigenvalue weighted by atomic mass is 10.1. The normalized spacial score (nSPS) is 22.1. The predicted molar refractivity (Wildman–Crippen MR) is 109 cm³/mol. The van der Waals surface area contributed by atoms with Crippen LogP contribution in [0.25, 0.3) is 0 Å². The van der Waals surface area contributed by atoms with Crippen LogP contribution in [0.5, 0.6) is 0 Å².